The lowest BCUT2D eigenvalue weighted by atomic mass is 10.1. The minimum atomic E-state index is 0.110. The lowest BCUT2D eigenvalue weighted by molar-refractivity contribution is 0.430. The molecule has 0 aromatic heterocycles. The van der Waals surface area contributed by atoms with E-state index in [1.807, 2.05) is 6.92 Å². The number of halogens is 1. The number of phenols is 1. The second-order valence-electron chi connectivity index (χ2n) is 3.90. The van der Waals surface area contributed by atoms with Crippen LogP contribution in [0.5, 0.6) is 5.75 Å². The van der Waals surface area contributed by atoms with Crippen molar-refractivity contribution >= 4 is 11.6 Å². The third-order valence-electron chi connectivity index (χ3n) is 2.60. The van der Waals surface area contributed by atoms with Gasteiger partial charge in [0.25, 0.3) is 0 Å². The van der Waals surface area contributed by atoms with Crippen molar-refractivity contribution in [3.63, 3.8) is 0 Å². The zero-order chi connectivity index (χ0) is 11.4. The quantitative estimate of drug-likeness (QED) is 0.825. The van der Waals surface area contributed by atoms with Crippen molar-refractivity contribution in [3.05, 3.63) is 28.8 Å². The molecule has 2 atom stereocenters. The molecule has 0 aliphatic carbocycles. The van der Waals surface area contributed by atoms with Gasteiger partial charge < -0.3 is 10.4 Å². The zero-order valence-corrected chi connectivity index (χ0v) is 10.2. The van der Waals surface area contributed by atoms with Crippen LogP contribution in [-0.4, -0.2) is 11.1 Å². The molecule has 2 N–H and O–H groups in total. The van der Waals surface area contributed by atoms with E-state index >= 15 is 0 Å². The largest absolute Gasteiger partial charge is 0.508 e. The molecule has 1 rings (SSSR count). The van der Waals surface area contributed by atoms with Gasteiger partial charge in [-0.1, -0.05) is 18.5 Å². The molecule has 1 aromatic carbocycles. The normalized spacial score (nSPS) is 14.9. The third kappa shape index (κ3) is 3.40. The highest BCUT2D eigenvalue weighted by atomic mass is 35.5. The monoisotopic (exact) mass is 227 g/mol. The lowest BCUT2D eigenvalue weighted by Gasteiger charge is -2.20. The first-order valence-electron chi connectivity index (χ1n) is 5.29. The number of hydrogen-bond acceptors (Lipinski definition) is 2. The van der Waals surface area contributed by atoms with Crippen LogP contribution in [0.2, 0.25) is 5.02 Å². The number of hydrogen-bond donors (Lipinski definition) is 2. The van der Waals surface area contributed by atoms with Crippen LogP contribution in [-0.2, 0) is 0 Å². The van der Waals surface area contributed by atoms with E-state index in [1.165, 1.54) is 0 Å². The van der Waals surface area contributed by atoms with Crippen LogP contribution in [0.4, 0.5) is 0 Å². The summed E-state index contributed by atoms with van der Waals surface area (Å²) in [6.45, 7) is 6.28. The number of nitrogens with one attached hydrogen (secondary N) is 1. The first kappa shape index (κ1) is 12.3. The van der Waals surface area contributed by atoms with Gasteiger partial charge in [0.1, 0.15) is 5.75 Å². The molecule has 3 heteroatoms. The van der Waals surface area contributed by atoms with E-state index in [4.69, 9.17) is 11.6 Å². The van der Waals surface area contributed by atoms with Crippen LogP contribution < -0.4 is 5.32 Å². The molecule has 2 nitrogen and oxygen atoms in total. The summed E-state index contributed by atoms with van der Waals surface area (Å²) in [4.78, 5) is 0. The number of aromatic hydroxyl groups is 1. The van der Waals surface area contributed by atoms with Crippen molar-refractivity contribution in [2.24, 2.45) is 0 Å². The Kier molecular flexibility index (Phi) is 4.43. The summed E-state index contributed by atoms with van der Waals surface area (Å²) in [6.07, 6.45) is 1.06. The Labute approximate surface area is 96.3 Å². The lowest BCUT2D eigenvalue weighted by Crippen LogP contribution is -2.28. The summed E-state index contributed by atoms with van der Waals surface area (Å²) >= 11 is 5.89. The van der Waals surface area contributed by atoms with Crippen molar-refractivity contribution in [1.82, 2.24) is 5.32 Å². The Morgan fingerprint density at radius 2 is 2.07 bits per heavy atom. The van der Waals surface area contributed by atoms with E-state index in [0.717, 1.165) is 12.0 Å². The van der Waals surface area contributed by atoms with Crippen molar-refractivity contribution < 1.29 is 5.11 Å². The fraction of sp³-hybridized carbons (Fsp3) is 0.500. The highest BCUT2D eigenvalue weighted by Gasteiger charge is 2.12. The Bertz CT molecular complexity index is 327. The molecule has 0 aliphatic heterocycles. The number of benzene rings is 1. The van der Waals surface area contributed by atoms with Gasteiger partial charge in [-0.05, 0) is 38.5 Å². The molecular formula is C12H18ClNO. The molecule has 84 valence electrons. The molecule has 15 heavy (non-hydrogen) atoms. The Balaban J connectivity index is 2.80. The summed E-state index contributed by atoms with van der Waals surface area (Å²) in [7, 11) is 0. The van der Waals surface area contributed by atoms with Gasteiger partial charge in [-0.25, -0.2) is 0 Å². The van der Waals surface area contributed by atoms with Gasteiger partial charge >= 0.3 is 0 Å². The van der Waals surface area contributed by atoms with Crippen molar-refractivity contribution in [1.29, 1.82) is 0 Å². The molecule has 0 aliphatic rings. The van der Waals surface area contributed by atoms with Gasteiger partial charge in [-0.15, -0.1) is 0 Å². The minimum absolute atomic E-state index is 0.110. The van der Waals surface area contributed by atoms with Crippen LogP contribution in [0.25, 0.3) is 0 Å². The third-order valence-corrected chi connectivity index (χ3v) is 2.84. The van der Waals surface area contributed by atoms with Crippen LogP contribution in [0, 0.1) is 0 Å². The summed E-state index contributed by atoms with van der Waals surface area (Å²) < 4.78 is 0. The molecular weight excluding hydrogens is 210 g/mol. The second-order valence-corrected chi connectivity index (χ2v) is 4.34. The maximum absolute atomic E-state index is 9.69. The summed E-state index contributed by atoms with van der Waals surface area (Å²) in [5, 5.41) is 13.7. The van der Waals surface area contributed by atoms with Gasteiger partial charge in [0.2, 0.25) is 0 Å². The van der Waals surface area contributed by atoms with E-state index in [9.17, 15) is 5.11 Å². The molecule has 0 bridgehead atoms. The molecule has 2 unspecified atom stereocenters. The fourth-order valence-electron chi connectivity index (χ4n) is 1.51. The maximum atomic E-state index is 9.69. The Hall–Kier alpha value is -0.730. The van der Waals surface area contributed by atoms with E-state index in [2.05, 4.69) is 19.2 Å². The minimum Gasteiger partial charge on any atom is -0.508 e. The molecule has 0 fully saturated rings. The highest BCUT2D eigenvalue weighted by molar-refractivity contribution is 6.30. The SMILES string of the molecule is CCC(C)NC(C)c1cc(Cl)ccc1O. The summed E-state index contributed by atoms with van der Waals surface area (Å²) in [5.74, 6) is 0.294. The van der Waals surface area contributed by atoms with E-state index in [-0.39, 0.29) is 6.04 Å². The predicted molar refractivity (Wildman–Crippen MR) is 64.4 cm³/mol. The van der Waals surface area contributed by atoms with E-state index in [0.29, 0.717) is 16.8 Å². The topological polar surface area (TPSA) is 32.3 Å². The molecule has 1 aromatic rings. The first-order chi connectivity index (χ1) is 7.04. The van der Waals surface area contributed by atoms with Crippen molar-refractivity contribution in [3.8, 4) is 5.75 Å². The molecule has 0 spiro atoms. The summed E-state index contributed by atoms with van der Waals surface area (Å²) in [5.41, 5.74) is 0.850. The fourth-order valence-corrected chi connectivity index (χ4v) is 1.69. The molecule has 0 heterocycles. The standard InChI is InChI=1S/C12H18ClNO/c1-4-8(2)14-9(3)11-7-10(13)5-6-12(11)15/h5-9,14-15H,4H2,1-3H3. The molecule has 0 saturated carbocycles. The van der Waals surface area contributed by atoms with Gasteiger partial charge in [0.05, 0.1) is 0 Å². The Morgan fingerprint density at radius 1 is 1.40 bits per heavy atom. The molecule has 0 saturated heterocycles. The highest BCUT2D eigenvalue weighted by Crippen LogP contribution is 2.27. The van der Waals surface area contributed by atoms with Crippen molar-refractivity contribution in [2.45, 2.75) is 39.3 Å². The van der Waals surface area contributed by atoms with E-state index < -0.39 is 0 Å². The second kappa shape index (κ2) is 5.38. The summed E-state index contributed by atoms with van der Waals surface area (Å²) in [6, 6.07) is 5.66. The Morgan fingerprint density at radius 3 is 2.67 bits per heavy atom. The zero-order valence-electron chi connectivity index (χ0n) is 9.42. The number of phenolic OH excluding ortho intramolecular Hbond substituents is 1. The molecule has 0 amide bonds. The predicted octanol–water partition coefficient (Wildman–Crippen LogP) is 3.49. The van der Waals surface area contributed by atoms with Crippen LogP contribution in [0.15, 0.2) is 18.2 Å². The van der Waals surface area contributed by atoms with Crippen LogP contribution >= 0.6 is 11.6 Å². The van der Waals surface area contributed by atoms with Crippen LogP contribution in [0.3, 0.4) is 0 Å². The average molecular weight is 228 g/mol. The maximum Gasteiger partial charge on any atom is 0.120 e. The number of rotatable bonds is 4. The van der Waals surface area contributed by atoms with Crippen LogP contribution in [0.1, 0.15) is 38.8 Å². The first-order valence-corrected chi connectivity index (χ1v) is 5.66. The molecule has 0 radical (unpaired) electrons. The van der Waals surface area contributed by atoms with Gasteiger partial charge in [-0.3, -0.25) is 0 Å². The van der Waals surface area contributed by atoms with Gasteiger partial charge in [0, 0.05) is 22.7 Å². The van der Waals surface area contributed by atoms with E-state index in [1.54, 1.807) is 18.2 Å². The smallest absolute Gasteiger partial charge is 0.120 e. The van der Waals surface area contributed by atoms with Crippen molar-refractivity contribution in [2.75, 3.05) is 0 Å². The van der Waals surface area contributed by atoms with Gasteiger partial charge in [0.15, 0.2) is 0 Å². The van der Waals surface area contributed by atoms with Gasteiger partial charge in [-0.2, -0.15) is 0 Å². The average Bonchev–Trinajstić information content (AvgIpc) is 2.21.